The number of rotatable bonds is 6. The van der Waals surface area contributed by atoms with Gasteiger partial charge in [-0.2, -0.15) is 0 Å². The molecule has 0 bridgehead atoms. The molecule has 2 amide bonds. The maximum Gasteiger partial charge on any atom is 0.256 e. The minimum Gasteiger partial charge on any atom is -0.474 e. The topological polar surface area (TPSA) is 85.5 Å². The summed E-state index contributed by atoms with van der Waals surface area (Å²) < 4.78 is 5.46. The van der Waals surface area contributed by atoms with Crippen molar-refractivity contribution in [1.82, 2.24) is 9.88 Å². The van der Waals surface area contributed by atoms with Crippen LogP contribution in [0.5, 0.6) is 5.88 Å². The Morgan fingerprint density at radius 2 is 2.09 bits per heavy atom. The molecule has 1 aliphatic carbocycles. The third-order valence-corrected chi connectivity index (χ3v) is 4.02. The van der Waals surface area contributed by atoms with Gasteiger partial charge in [-0.05, 0) is 32.8 Å². The Morgan fingerprint density at radius 3 is 2.61 bits per heavy atom. The van der Waals surface area contributed by atoms with Gasteiger partial charge < -0.3 is 15.4 Å². The van der Waals surface area contributed by atoms with Crippen LogP contribution in [0.25, 0.3) is 0 Å². The first-order valence-electron chi connectivity index (χ1n) is 7.80. The second-order valence-electron chi connectivity index (χ2n) is 6.02. The smallest absolute Gasteiger partial charge is 0.256 e. The monoisotopic (exact) mass is 339 g/mol. The summed E-state index contributed by atoms with van der Waals surface area (Å²) in [4.78, 5) is 29.7. The molecular formula is C16H22ClN3O3. The van der Waals surface area contributed by atoms with E-state index >= 15 is 0 Å². The molecule has 6 nitrogen and oxygen atoms in total. The van der Waals surface area contributed by atoms with Crippen LogP contribution in [0.3, 0.4) is 0 Å². The number of carbonyl (C=O) groups is 2. The number of primary amides is 1. The van der Waals surface area contributed by atoms with Crippen LogP contribution in [-0.4, -0.2) is 40.4 Å². The van der Waals surface area contributed by atoms with E-state index in [-0.39, 0.29) is 29.6 Å². The van der Waals surface area contributed by atoms with Gasteiger partial charge in [0, 0.05) is 12.2 Å². The van der Waals surface area contributed by atoms with Crippen molar-refractivity contribution < 1.29 is 14.3 Å². The van der Waals surface area contributed by atoms with Gasteiger partial charge in [-0.15, -0.1) is 0 Å². The minimum atomic E-state index is -0.524. The lowest BCUT2D eigenvalue weighted by atomic mass is 10.1. The molecule has 2 rings (SSSR count). The summed E-state index contributed by atoms with van der Waals surface area (Å²) in [5, 5.41) is 0.273. The van der Waals surface area contributed by atoms with Gasteiger partial charge in [-0.25, -0.2) is 4.98 Å². The first kappa shape index (κ1) is 17.5. The molecule has 7 heteroatoms. The number of nitrogens with zero attached hydrogens (tertiary/aromatic N) is 2. The Bertz CT molecular complexity index is 586. The number of hydrogen-bond acceptors (Lipinski definition) is 4. The van der Waals surface area contributed by atoms with Gasteiger partial charge >= 0.3 is 0 Å². The number of nitrogens with two attached hydrogens (primary N) is 1. The minimum absolute atomic E-state index is 0.0420. The maximum absolute atomic E-state index is 12.7. The predicted molar refractivity (Wildman–Crippen MR) is 87.5 cm³/mol. The number of hydrogen-bond donors (Lipinski definition) is 1. The molecule has 0 aliphatic heterocycles. The SMILES string of the molecule is CC(C)Oc1ncc(C(=O)N(CC(N)=O)C2CCCC2)cc1Cl. The largest absolute Gasteiger partial charge is 0.474 e. The fourth-order valence-corrected chi connectivity index (χ4v) is 2.98. The molecule has 0 unspecified atom stereocenters. The Hall–Kier alpha value is -1.82. The Labute approximate surface area is 140 Å². The summed E-state index contributed by atoms with van der Waals surface area (Å²) in [7, 11) is 0. The molecule has 0 spiro atoms. The van der Waals surface area contributed by atoms with Crippen LogP contribution in [-0.2, 0) is 4.79 Å². The molecule has 1 fully saturated rings. The second kappa shape index (κ2) is 7.64. The van der Waals surface area contributed by atoms with Crippen molar-refractivity contribution in [2.45, 2.75) is 51.7 Å². The molecule has 126 valence electrons. The van der Waals surface area contributed by atoms with Gasteiger partial charge in [0.2, 0.25) is 11.8 Å². The van der Waals surface area contributed by atoms with E-state index in [1.807, 2.05) is 13.8 Å². The molecule has 1 aromatic rings. The predicted octanol–water partition coefficient (Wildman–Crippen LogP) is 2.39. The zero-order chi connectivity index (χ0) is 17.0. The normalized spacial score (nSPS) is 15.0. The van der Waals surface area contributed by atoms with Crippen LogP contribution >= 0.6 is 11.6 Å². The zero-order valence-corrected chi connectivity index (χ0v) is 14.2. The highest BCUT2D eigenvalue weighted by Gasteiger charge is 2.29. The van der Waals surface area contributed by atoms with Crippen molar-refractivity contribution in [3.05, 3.63) is 22.8 Å². The highest BCUT2D eigenvalue weighted by Crippen LogP contribution is 2.27. The fraction of sp³-hybridized carbons (Fsp3) is 0.562. The Morgan fingerprint density at radius 1 is 1.43 bits per heavy atom. The van der Waals surface area contributed by atoms with Crippen LogP contribution < -0.4 is 10.5 Å². The van der Waals surface area contributed by atoms with E-state index in [0.29, 0.717) is 11.4 Å². The maximum atomic E-state index is 12.7. The van der Waals surface area contributed by atoms with Crippen LogP contribution in [0.2, 0.25) is 5.02 Å². The Kier molecular flexibility index (Phi) is 5.82. The third kappa shape index (κ3) is 4.58. The van der Waals surface area contributed by atoms with Gasteiger partial charge in [0.25, 0.3) is 5.91 Å². The molecule has 1 saturated carbocycles. The lowest BCUT2D eigenvalue weighted by Crippen LogP contribution is -2.44. The van der Waals surface area contributed by atoms with E-state index < -0.39 is 5.91 Å². The highest BCUT2D eigenvalue weighted by atomic mass is 35.5. The molecular weight excluding hydrogens is 318 g/mol. The van der Waals surface area contributed by atoms with Crippen LogP contribution in [0.4, 0.5) is 0 Å². The number of carbonyl (C=O) groups excluding carboxylic acids is 2. The van der Waals surface area contributed by atoms with Crippen molar-refractivity contribution in [3.63, 3.8) is 0 Å². The van der Waals surface area contributed by atoms with E-state index in [9.17, 15) is 9.59 Å². The Balaban J connectivity index is 2.21. The molecule has 0 aromatic carbocycles. The number of halogens is 1. The molecule has 23 heavy (non-hydrogen) atoms. The van der Waals surface area contributed by atoms with Crippen molar-refractivity contribution in [2.75, 3.05) is 6.54 Å². The fourth-order valence-electron chi connectivity index (χ4n) is 2.77. The lowest BCUT2D eigenvalue weighted by molar-refractivity contribution is -0.119. The van der Waals surface area contributed by atoms with Gasteiger partial charge in [0.1, 0.15) is 5.02 Å². The van der Waals surface area contributed by atoms with Crippen LogP contribution in [0.15, 0.2) is 12.3 Å². The van der Waals surface area contributed by atoms with E-state index in [1.54, 1.807) is 0 Å². The van der Waals surface area contributed by atoms with Crippen molar-refractivity contribution in [1.29, 1.82) is 0 Å². The molecule has 2 N–H and O–H groups in total. The van der Waals surface area contributed by atoms with Gasteiger partial charge in [0.05, 0.1) is 18.2 Å². The molecule has 1 aliphatic rings. The van der Waals surface area contributed by atoms with Crippen molar-refractivity contribution >= 4 is 23.4 Å². The summed E-state index contributed by atoms with van der Waals surface area (Å²) >= 11 is 6.14. The first-order valence-corrected chi connectivity index (χ1v) is 8.17. The quantitative estimate of drug-likeness (QED) is 0.862. The molecule has 0 radical (unpaired) electrons. The van der Waals surface area contributed by atoms with E-state index in [1.165, 1.54) is 17.2 Å². The van der Waals surface area contributed by atoms with Crippen molar-refractivity contribution in [2.24, 2.45) is 5.73 Å². The average Bonchev–Trinajstić information content (AvgIpc) is 2.99. The summed E-state index contributed by atoms with van der Waals surface area (Å²) in [6.07, 6.45) is 5.23. The molecule has 0 saturated heterocycles. The summed E-state index contributed by atoms with van der Waals surface area (Å²) in [5.41, 5.74) is 5.62. The summed E-state index contributed by atoms with van der Waals surface area (Å²) in [5.74, 6) is -0.509. The van der Waals surface area contributed by atoms with Gasteiger partial charge in [-0.1, -0.05) is 24.4 Å². The zero-order valence-electron chi connectivity index (χ0n) is 13.4. The second-order valence-corrected chi connectivity index (χ2v) is 6.42. The summed E-state index contributed by atoms with van der Waals surface area (Å²) in [6.45, 7) is 3.64. The third-order valence-electron chi connectivity index (χ3n) is 3.75. The summed E-state index contributed by atoms with van der Waals surface area (Å²) in [6, 6.07) is 1.57. The van der Waals surface area contributed by atoms with E-state index in [2.05, 4.69) is 4.98 Å². The standard InChI is InChI=1S/C16H22ClN3O3/c1-10(2)23-15-13(17)7-11(8-19-15)16(22)20(9-14(18)21)12-5-3-4-6-12/h7-8,10,12H,3-6,9H2,1-2H3,(H2,18,21). The van der Waals surface area contributed by atoms with Crippen LogP contribution in [0, 0.1) is 0 Å². The number of ether oxygens (including phenoxy) is 1. The van der Waals surface area contributed by atoms with Crippen LogP contribution in [0.1, 0.15) is 49.9 Å². The molecule has 1 aromatic heterocycles. The number of pyridine rings is 1. The first-order chi connectivity index (χ1) is 10.9. The molecule has 0 atom stereocenters. The van der Waals surface area contributed by atoms with Crippen molar-refractivity contribution in [3.8, 4) is 5.88 Å². The average molecular weight is 340 g/mol. The highest BCUT2D eigenvalue weighted by molar-refractivity contribution is 6.32. The lowest BCUT2D eigenvalue weighted by Gasteiger charge is -2.27. The van der Waals surface area contributed by atoms with Gasteiger partial charge in [0.15, 0.2) is 0 Å². The molecule has 1 heterocycles. The van der Waals surface area contributed by atoms with E-state index in [4.69, 9.17) is 22.1 Å². The van der Waals surface area contributed by atoms with Gasteiger partial charge in [-0.3, -0.25) is 9.59 Å². The van der Waals surface area contributed by atoms with E-state index in [0.717, 1.165) is 25.7 Å². The number of aromatic nitrogens is 1. The number of amides is 2.